The monoisotopic (exact) mass is 434 g/mol. The van der Waals surface area contributed by atoms with Crippen LogP contribution in [0.4, 0.5) is 5.82 Å². The molecule has 1 fully saturated rings. The zero-order valence-corrected chi connectivity index (χ0v) is 19.6. The highest BCUT2D eigenvalue weighted by Crippen LogP contribution is 2.34. The molecule has 1 atom stereocenters. The predicted octanol–water partition coefficient (Wildman–Crippen LogP) is 5.10. The van der Waals surface area contributed by atoms with Crippen LogP contribution >= 0.6 is 0 Å². The fourth-order valence-electron chi connectivity index (χ4n) is 4.31. The van der Waals surface area contributed by atoms with E-state index in [0.29, 0.717) is 19.8 Å². The first-order chi connectivity index (χ1) is 15.4. The molecule has 1 aliphatic heterocycles. The number of hydrogen-bond acceptors (Lipinski definition) is 4. The van der Waals surface area contributed by atoms with Gasteiger partial charge in [0.2, 0.25) is 0 Å². The molecule has 4 rings (SSSR count). The van der Waals surface area contributed by atoms with E-state index in [1.165, 1.54) is 0 Å². The molecule has 170 valence electrons. The lowest BCUT2D eigenvalue weighted by Gasteiger charge is -2.33. The highest BCUT2D eigenvalue weighted by atomic mass is 16.5. The maximum absolute atomic E-state index is 13.2. The van der Waals surface area contributed by atoms with Crippen molar-refractivity contribution in [3.8, 4) is 0 Å². The van der Waals surface area contributed by atoms with E-state index in [-0.39, 0.29) is 17.4 Å². The van der Waals surface area contributed by atoms with Crippen LogP contribution in [0.5, 0.6) is 0 Å². The Hall–Kier alpha value is -2.86. The van der Waals surface area contributed by atoms with Gasteiger partial charge < -0.3 is 15.0 Å². The van der Waals surface area contributed by atoms with Gasteiger partial charge in [-0.25, -0.2) is 4.98 Å². The Morgan fingerprint density at radius 1 is 1.19 bits per heavy atom. The fraction of sp³-hybridized carbons (Fsp3) is 0.462. The van der Waals surface area contributed by atoms with Gasteiger partial charge in [0, 0.05) is 42.9 Å². The lowest BCUT2D eigenvalue weighted by molar-refractivity contribution is 0.0706. The van der Waals surface area contributed by atoms with Gasteiger partial charge in [0.15, 0.2) is 0 Å². The standard InChI is InChI=1S/C26H34N4O2/c1-5-32-18-19-11-13-20(14-12-19)25(31)29-15-8-9-21(17-29)23-24(28-26(2,3)4)30-16-7-6-10-22(30)27-23/h6-7,10-14,16,21,28H,5,8-9,15,17-18H2,1-4H3. The summed E-state index contributed by atoms with van der Waals surface area (Å²) in [4.78, 5) is 20.2. The number of anilines is 1. The number of nitrogens with zero attached hydrogens (tertiary/aromatic N) is 3. The summed E-state index contributed by atoms with van der Waals surface area (Å²) in [6.07, 6.45) is 4.05. The number of fused-ring (bicyclic) bond motifs is 1. The molecular formula is C26H34N4O2. The lowest BCUT2D eigenvalue weighted by Crippen LogP contribution is -2.39. The minimum atomic E-state index is -0.0893. The maximum atomic E-state index is 13.2. The molecule has 1 aromatic carbocycles. The van der Waals surface area contributed by atoms with Gasteiger partial charge in [0.25, 0.3) is 5.91 Å². The predicted molar refractivity (Wildman–Crippen MR) is 128 cm³/mol. The number of pyridine rings is 1. The number of nitrogens with one attached hydrogen (secondary N) is 1. The van der Waals surface area contributed by atoms with Crippen molar-refractivity contribution in [3.05, 3.63) is 65.5 Å². The topological polar surface area (TPSA) is 58.9 Å². The number of likely N-dealkylation sites (tertiary alicyclic amines) is 1. The second-order valence-electron chi connectivity index (χ2n) is 9.57. The van der Waals surface area contributed by atoms with Gasteiger partial charge in [-0.1, -0.05) is 18.2 Å². The molecule has 1 unspecified atom stereocenters. The Labute approximate surface area is 190 Å². The summed E-state index contributed by atoms with van der Waals surface area (Å²) in [6, 6.07) is 13.9. The van der Waals surface area contributed by atoms with Crippen LogP contribution in [0.25, 0.3) is 5.65 Å². The fourth-order valence-corrected chi connectivity index (χ4v) is 4.31. The van der Waals surface area contributed by atoms with E-state index in [0.717, 1.165) is 47.7 Å². The summed E-state index contributed by atoms with van der Waals surface area (Å²) >= 11 is 0. The number of carbonyl (C=O) groups is 1. The smallest absolute Gasteiger partial charge is 0.253 e. The highest BCUT2D eigenvalue weighted by molar-refractivity contribution is 5.94. The first-order valence-electron chi connectivity index (χ1n) is 11.6. The first-order valence-corrected chi connectivity index (χ1v) is 11.6. The number of imidazole rings is 1. The van der Waals surface area contributed by atoms with Gasteiger partial charge in [0.05, 0.1) is 12.3 Å². The average molecular weight is 435 g/mol. The van der Waals surface area contributed by atoms with Crippen LogP contribution in [0, 0.1) is 0 Å². The van der Waals surface area contributed by atoms with Crippen LogP contribution in [-0.2, 0) is 11.3 Å². The minimum Gasteiger partial charge on any atom is -0.377 e. The molecule has 6 heteroatoms. The van der Waals surface area contributed by atoms with Crippen molar-refractivity contribution in [2.24, 2.45) is 0 Å². The lowest BCUT2D eigenvalue weighted by atomic mass is 9.93. The highest BCUT2D eigenvalue weighted by Gasteiger charge is 2.30. The van der Waals surface area contributed by atoms with Gasteiger partial charge >= 0.3 is 0 Å². The van der Waals surface area contributed by atoms with E-state index < -0.39 is 0 Å². The molecule has 0 radical (unpaired) electrons. The van der Waals surface area contributed by atoms with Crippen molar-refractivity contribution in [1.82, 2.24) is 14.3 Å². The number of ether oxygens (including phenoxy) is 1. The van der Waals surface area contributed by atoms with Crippen molar-refractivity contribution >= 4 is 17.4 Å². The summed E-state index contributed by atoms with van der Waals surface area (Å²) in [6.45, 7) is 11.2. The number of hydrogen-bond donors (Lipinski definition) is 1. The average Bonchev–Trinajstić information content (AvgIpc) is 3.14. The molecule has 0 spiro atoms. The number of rotatable bonds is 6. The summed E-state index contributed by atoms with van der Waals surface area (Å²) in [5.41, 5.74) is 3.71. The van der Waals surface area contributed by atoms with Gasteiger partial charge in [-0.15, -0.1) is 0 Å². The molecule has 6 nitrogen and oxygen atoms in total. The summed E-state index contributed by atoms with van der Waals surface area (Å²) < 4.78 is 7.58. The van der Waals surface area contributed by atoms with Crippen molar-refractivity contribution < 1.29 is 9.53 Å². The zero-order chi connectivity index (χ0) is 22.7. The van der Waals surface area contributed by atoms with Gasteiger partial charge in [0.1, 0.15) is 11.5 Å². The summed E-state index contributed by atoms with van der Waals surface area (Å²) in [7, 11) is 0. The van der Waals surface area contributed by atoms with Crippen LogP contribution in [0.2, 0.25) is 0 Å². The second kappa shape index (κ2) is 9.33. The molecule has 3 aromatic rings. The van der Waals surface area contributed by atoms with Crippen LogP contribution in [-0.4, -0.2) is 45.4 Å². The molecule has 0 bridgehead atoms. The van der Waals surface area contributed by atoms with E-state index in [4.69, 9.17) is 9.72 Å². The van der Waals surface area contributed by atoms with E-state index in [2.05, 4.69) is 36.7 Å². The molecule has 2 aromatic heterocycles. The van der Waals surface area contributed by atoms with Crippen molar-refractivity contribution in [2.75, 3.05) is 25.0 Å². The third-order valence-electron chi connectivity index (χ3n) is 5.82. The van der Waals surface area contributed by atoms with Crippen LogP contribution in [0.15, 0.2) is 48.7 Å². The molecule has 1 saturated heterocycles. The van der Waals surface area contributed by atoms with Gasteiger partial charge in [-0.3, -0.25) is 9.20 Å². The Bertz CT molecular complexity index is 1070. The van der Waals surface area contributed by atoms with Gasteiger partial charge in [-0.05, 0) is 70.4 Å². The Morgan fingerprint density at radius 3 is 2.69 bits per heavy atom. The van der Waals surface area contributed by atoms with Gasteiger partial charge in [-0.2, -0.15) is 0 Å². The summed E-state index contributed by atoms with van der Waals surface area (Å²) in [5.74, 6) is 1.33. The second-order valence-corrected chi connectivity index (χ2v) is 9.57. The van der Waals surface area contributed by atoms with E-state index in [1.807, 2.05) is 54.3 Å². The normalized spacial score (nSPS) is 17.0. The van der Waals surface area contributed by atoms with E-state index >= 15 is 0 Å². The van der Waals surface area contributed by atoms with Crippen molar-refractivity contribution in [1.29, 1.82) is 0 Å². The maximum Gasteiger partial charge on any atom is 0.253 e. The third-order valence-corrected chi connectivity index (χ3v) is 5.82. The Morgan fingerprint density at radius 2 is 1.97 bits per heavy atom. The van der Waals surface area contributed by atoms with E-state index in [1.54, 1.807) is 0 Å². The summed E-state index contributed by atoms with van der Waals surface area (Å²) in [5, 5.41) is 3.65. The van der Waals surface area contributed by atoms with Crippen molar-refractivity contribution in [2.45, 2.75) is 58.6 Å². The molecule has 0 saturated carbocycles. The SMILES string of the molecule is CCOCc1ccc(C(=O)N2CCCC(c3nc4ccccn4c3NC(C)(C)C)C2)cc1. The Kier molecular flexibility index (Phi) is 6.51. The molecular weight excluding hydrogens is 400 g/mol. The number of amides is 1. The molecule has 32 heavy (non-hydrogen) atoms. The minimum absolute atomic E-state index is 0.0893. The van der Waals surface area contributed by atoms with Crippen LogP contribution < -0.4 is 5.32 Å². The Balaban J connectivity index is 1.56. The molecule has 1 amide bonds. The molecule has 3 heterocycles. The number of benzene rings is 1. The third kappa shape index (κ3) is 4.96. The zero-order valence-electron chi connectivity index (χ0n) is 19.6. The van der Waals surface area contributed by atoms with E-state index in [9.17, 15) is 4.79 Å². The molecule has 1 aliphatic rings. The number of aromatic nitrogens is 2. The molecule has 0 aliphatic carbocycles. The van der Waals surface area contributed by atoms with Crippen molar-refractivity contribution in [3.63, 3.8) is 0 Å². The first kappa shape index (κ1) is 22.3. The van der Waals surface area contributed by atoms with Crippen LogP contribution in [0.1, 0.15) is 68.1 Å². The van der Waals surface area contributed by atoms with Crippen LogP contribution in [0.3, 0.4) is 0 Å². The molecule has 1 N–H and O–H groups in total. The number of piperidine rings is 1. The quantitative estimate of drug-likeness (QED) is 0.586. The number of carbonyl (C=O) groups excluding carboxylic acids is 1. The largest absolute Gasteiger partial charge is 0.377 e.